The molecule has 0 heterocycles. The van der Waals surface area contributed by atoms with Crippen molar-refractivity contribution < 1.29 is 13.2 Å². The van der Waals surface area contributed by atoms with Gasteiger partial charge < -0.3 is 5.73 Å². The molecule has 2 rings (SSSR count). The van der Waals surface area contributed by atoms with Crippen LogP contribution in [0.25, 0.3) is 0 Å². The molecule has 1 fully saturated rings. The standard InChI is InChI=1S/C11H12F3N.ClH/c12-11(13,14)9-3-1-7(2-4-9)10-5-8(10)6-15;/h1-4,8,10H,5-6,15H2;1H. The van der Waals surface area contributed by atoms with E-state index < -0.39 is 11.7 Å². The molecular weight excluding hydrogens is 239 g/mol. The van der Waals surface area contributed by atoms with E-state index in [0.717, 1.165) is 24.1 Å². The van der Waals surface area contributed by atoms with E-state index in [1.54, 1.807) is 12.1 Å². The van der Waals surface area contributed by atoms with E-state index in [-0.39, 0.29) is 12.4 Å². The Hall–Kier alpha value is -0.740. The molecule has 2 N–H and O–H groups in total. The van der Waals surface area contributed by atoms with Crippen molar-refractivity contribution in [3.8, 4) is 0 Å². The predicted molar refractivity (Wildman–Crippen MR) is 58.6 cm³/mol. The molecule has 0 saturated heterocycles. The molecule has 2 unspecified atom stereocenters. The molecular formula is C11H13ClF3N. The lowest BCUT2D eigenvalue weighted by Gasteiger charge is -2.07. The van der Waals surface area contributed by atoms with Gasteiger partial charge in [0, 0.05) is 0 Å². The molecule has 0 aliphatic heterocycles. The number of nitrogens with two attached hydrogens (primary N) is 1. The SMILES string of the molecule is Cl.NCC1CC1c1ccc(C(F)(F)F)cc1. The van der Waals surface area contributed by atoms with E-state index in [4.69, 9.17) is 5.73 Å². The zero-order chi connectivity index (χ0) is 11.1. The Kier molecular flexibility index (Phi) is 3.86. The molecule has 0 bridgehead atoms. The minimum Gasteiger partial charge on any atom is -0.330 e. The molecule has 16 heavy (non-hydrogen) atoms. The van der Waals surface area contributed by atoms with Gasteiger partial charge in [-0.25, -0.2) is 0 Å². The summed E-state index contributed by atoms with van der Waals surface area (Å²) in [5.41, 5.74) is 5.86. The van der Waals surface area contributed by atoms with Crippen molar-refractivity contribution in [2.24, 2.45) is 11.7 Å². The lowest BCUT2D eigenvalue weighted by atomic mass is 10.1. The Morgan fingerprint density at radius 3 is 2.12 bits per heavy atom. The summed E-state index contributed by atoms with van der Waals surface area (Å²) in [5.74, 6) is 0.832. The first kappa shape index (κ1) is 13.3. The average Bonchev–Trinajstić information content (AvgIpc) is 2.95. The van der Waals surface area contributed by atoms with Crippen LogP contribution in [0.1, 0.15) is 23.5 Å². The molecule has 90 valence electrons. The van der Waals surface area contributed by atoms with Crippen LogP contribution >= 0.6 is 12.4 Å². The van der Waals surface area contributed by atoms with Crippen LogP contribution in [-0.4, -0.2) is 6.54 Å². The van der Waals surface area contributed by atoms with Crippen LogP contribution < -0.4 is 5.73 Å². The summed E-state index contributed by atoms with van der Waals surface area (Å²) in [6.45, 7) is 0.617. The van der Waals surface area contributed by atoms with Gasteiger partial charge in [0.25, 0.3) is 0 Å². The Morgan fingerprint density at radius 1 is 1.19 bits per heavy atom. The number of alkyl halides is 3. The van der Waals surface area contributed by atoms with Crippen LogP contribution in [0.5, 0.6) is 0 Å². The first-order chi connectivity index (χ1) is 7.02. The fourth-order valence-corrected chi connectivity index (χ4v) is 1.84. The lowest BCUT2D eigenvalue weighted by Crippen LogP contribution is -2.05. The number of rotatable bonds is 2. The molecule has 1 saturated carbocycles. The second-order valence-electron chi connectivity index (χ2n) is 3.96. The molecule has 1 aliphatic carbocycles. The maximum absolute atomic E-state index is 12.3. The fourth-order valence-electron chi connectivity index (χ4n) is 1.84. The first-order valence-corrected chi connectivity index (χ1v) is 4.89. The largest absolute Gasteiger partial charge is 0.416 e. The highest BCUT2D eigenvalue weighted by Gasteiger charge is 2.37. The summed E-state index contributed by atoms with van der Waals surface area (Å²) in [4.78, 5) is 0. The van der Waals surface area contributed by atoms with Gasteiger partial charge in [0.15, 0.2) is 0 Å². The number of hydrogen-bond acceptors (Lipinski definition) is 1. The van der Waals surface area contributed by atoms with Crippen molar-refractivity contribution in [2.45, 2.75) is 18.5 Å². The van der Waals surface area contributed by atoms with E-state index in [9.17, 15) is 13.2 Å². The van der Waals surface area contributed by atoms with Crippen molar-refractivity contribution in [1.29, 1.82) is 0 Å². The second-order valence-corrected chi connectivity index (χ2v) is 3.96. The monoisotopic (exact) mass is 251 g/mol. The second kappa shape index (κ2) is 4.63. The normalized spacial score (nSPS) is 23.8. The maximum Gasteiger partial charge on any atom is 0.416 e. The van der Waals surface area contributed by atoms with Gasteiger partial charge in [-0.1, -0.05) is 12.1 Å². The summed E-state index contributed by atoms with van der Waals surface area (Å²) in [5, 5.41) is 0. The third kappa shape index (κ3) is 2.68. The van der Waals surface area contributed by atoms with Crippen LogP contribution in [0.3, 0.4) is 0 Å². The summed E-state index contributed by atoms with van der Waals surface area (Å²) < 4.78 is 36.8. The molecule has 1 aromatic rings. The smallest absolute Gasteiger partial charge is 0.330 e. The van der Waals surface area contributed by atoms with Gasteiger partial charge >= 0.3 is 6.18 Å². The van der Waals surface area contributed by atoms with Gasteiger partial charge in [-0.05, 0) is 42.5 Å². The lowest BCUT2D eigenvalue weighted by molar-refractivity contribution is -0.137. The van der Waals surface area contributed by atoms with E-state index in [2.05, 4.69) is 0 Å². The average molecular weight is 252 g/mol. The zero-order valence-electron chi connectivity index (χ0n) is 8.50. The van der Waals surface area contributed by atoms with Gasteiger partial charge in [-0.2, -0.15) is 13.2 Å². The molecule has 1 nitrogen and oxygen atoms in total. The molecule has 2 atom stereocenters. The minimum absolute atomic E-state index is 0. The quantitative estimate of drug-likeness (QED) is 0.858. The van der Waals surface area contributed by atoms with Crippen molar-refractivity contribution in [2.75, 3.05) is 6.54 Å². The van der Waals surface area contributed by atoms with Crippen LogP contribution in [0.2, 0.25) is 0 Å². The van der Waals surface area contributed by atoms with Gasteiger partial charge in [0.2, 0.25) is 0 Å². The van der Waals surface area contributed by atoms with Crippen LogP contribution in [0.4, 0.5) is 13.2 Å². The molecule has 0 amide bonds. The molecule has 0 spiro atoms. The maximum atomic E-state index is 12.3. The summed E-state index contributed by atoms with van der Waals surface area (Å²) in [7, 11) is 0. The van der Waals surface area contributed by atoms with Gasteiger partial charge in [-0.15, -0.1) is 12.4 Å². The van der Waals surface area contributed by atoms with Gasteiger partial charge in [0.05, 0.1) is 5.56 Å². The Morgan fingerprint density at radius 2 is 1.75 bits per heavy atom. The third-order valence-corrected chi connectivity index (χ3v) is 2.89. The Bertz CT molecular complexity index is 347. The predicted octanol–water partition coefficient (Wildman–Crippen LogP) is 3.19. The summed E-state index contributed by atoms with van der Waals surface area (Å²) in [6.07, 6.45) is -3.24. The summed E-state index contributed by atoms with van der Waals surface area (Å²) in [6, 6.07) is 5.40. The van der Waals surface area contributed by atoms with E-state index in [0.29, 0.717) is 18.4 Å². The van der Waals surface area contributed by atoms with Crippen molar-refractivity contribution in [1.82, 2.24) is 0 Å². The highest BCUT2D eigenvalue weighted by atomic mass is 35.5. The van der Waals surface area contributed by atoms with Crippen molar-refractivity contribution in [3.63, 3.8) is 0 Å². The number of hydrogen-bond donors (Lipinski definition) is 1. The van der Waals surface area contributed by atoms with E-state index in [1.807, 2.05) is 0 Å². The van der Waals surface area contributed by atoms with Gasteiger partial charge in [0.1, 0.15) is 0 Å². The highest BCUT2D eigenvalue weighted by Crippen LogP contribution is 2.46. The van der Waals surface area contributed by atoms with Crippen molar-refractivity contribution >= 4 is 12.4 Å². The molecule has 0 aromatic heterocycles. The van der Waals surface area contributed by atoms with Crippen LogP contribution in [0.15, 0.2) is 24.3 Å². The van der Waals surface area contributed by atoms with Crippen LogP contribution in [-0.2, 0) is 6.18 Å². The van der Waals surface area contributed by atoms with E-state index >= 15 is 0 Å². The third-order valence-electron chi connectivity index (χ3n) is 2.89. The minimum atomic E-state index is -4.24. The van der Waals surface area contributed by atoms with Gasteiger partial charge in [-0.3, -0.25) is 0 Å². The van der Waals surface area contributed by atoms with Crippen molar-refractivity contribution in [3.05, 3.63) is 35.4 Å². The van der Waals surface area contributed by atoms with Crippen LogP contribution in [0, 0.1) is 5.92 Å². The van der Waals surface area contributed by atoms with E-state index in [1.165, 1.54) is 0 Å². The number of halogens is 4. The first-order valence-electron chi connectivity index (χ1n) is 4.89. The summed E-state index contributed by atoms with van der Waals surface area (Å²) >= 11 is 0. The number of benzene rings is 1. The Labute approximate surface area is 98.2 Å². The molecule has 1 aliphatic rings. The molecule has 0 radical (unpaired) electrons. The molecule has 5 heteroatoms. The fraction of sp³-hybridized carbons (Fsp3) is 0.455. The molecule has 1 aromatic carbocycles. The zero-order valence-corrected chi connectivity index (χ0v) is 9.31. The Balaban J connectivity index is 0.00000128. The highest BCUT2D eigenvalue weighted by molar-refractivity contribution is 5.85. The topological polar surface area (TPSA) is 26.0 Å².